The van der Waals surface area contributed by atoms with Crippen LogP contribution in [0.25, 0.3) is 0 Å². The minimum atomic E-state index is -3.92. The normalized spacial score (nSPS) is 12.8. The SMILES string of the molecule is O=S(=O)(O)C=CCS. The van der Waals surface area contributed by atoms with Gasteiger partial charge in [0.2, 0.25) is 0 Å². The maximum atomic E-state index is 9.82. The van der Waals surface area contributed by atoms with Crippen LogP contribution < -0.4 is 0 Å². The van der Waals surface area contributed by atoms with Gasteiger partial charge in [-0.25, -0.2) is 0 Å². The Kier molecular flexibility index (Phi) is 3.11. The molecule has 48 valence electrons. The lowest BCUT2D eigenvalue weighted by Crippen LogP contribution is -1.88. The summed E-state index contributed by atoms with van der Waals surface area (Å²) in [6.07, 6.45) is 1.23. The molecule has 0 radical (unpaired) electrons. The van der Waals surface area contributed by atoms with Gasteiger partial charge in [-0.2, -0.15) is 21.0 Å². The molecule has 0 spiro atoms. The Morgan fingerprint density at radius 1 is 1.62 bits per heavy atom. The van der Waals surface area contributed by atoms with Crippen molar-refractivity contribution in [3.05, 3.63) is 11.5 Å². The van der Waals surface area contributed by atoms with Crippen LogP contribution in [0.4, 0.5) is 0 Å². The molecule has 8 heavy (non-hydrogen) atoms. The fourth-order valence-electron chi connectivity index (χ4n) is 0.165. The quantitative estimate of drug-likeness (QED) is 0.445. The average molecular weight is 154 g/mol. The third-order valence-corrected chi connectivity index (χ3v) is 1.12. The van der Waals surface area contributed by atoms with E-state index in [9.17, 15) is 8.42 Å². The van der Waals surface area contributed by atoms with Gasteiger partial charge >= 0.3 is 0 Å². The number of hydrogen-bond donors (Lipinski definition) is 2. The van der Waals surface area contributed by atoms with Gasteiger partial charge in [-0.15, -0.1) is 0 Å². The minimum absolute atomic E-state index is 0.305. The first-order valence-corrected chi connectivity index (χ1v) is 3.95. The van der Waals surface area contributed by atoms with Crippen LogP contribution in [0.15, 0.2) is 11.5 Å². The van der Waals surface area contributed by atoms with Crippen LogP contribution in [0.1, 0.15) is 0 Å². The van der Waals surface area contributed by atoms with Gasteiger partial charge in [-0.1, -0.05) is 6.08 Å². The van der Waals surface area contributed by atoms with Gasteiger partial charge in [0.25, 0.3) is 10.1 Å². The highest BCUT2D eigenvalue weighted by Gasteiger charge is 1.91. The standard InChI is InChI=1S/C3H6O3S2/c4-8(5,6)3-1-2-7/h1,3,7H,2H2,(H,4,5,6). The molecule has 0 amide bonds. The van der Waals surface area contributed by atoms with Crippen molar-refractivity contribution in [1.82, 2.24) is 0 Å². The monoisotopic (exact) mass is 154 g/mol. The van der Waals surface area contributed by atoms with E-state index < -0.39 is 10.1 Å². The van der Waals surface area contributed by atoms with E-state index >= 15 is 0 Å². The molecule has 3 nitrogen and oxygen atoms in total. The minimum Gasteiger partial charge on any atom is -0.282 e. The lowest BCUT2D eigenvalue weighted by atomic mass is 10.8. The van der Waals surface area contributed by atoms with Gasteiger partial charge in [-0.05, 0) is 0 Å². The third-order valence-electron chi connectivity index (χ3n) is 0.374. The van der Waals surface area contributed by atoms with Crippen molar-refractivity contribution >= 4 is 22.7 Å². The number of rotatable bonds is 2. The molecule has 0 unspecified atom stereocenters. The zero-order chi connectivity index (χ0) is 6.62. The van der Waals surface area contributed by atoms with Gasteiger partial charge in [0, 0.05) is 5.75 Å². The van der Waals surface area contributed by atoms with E-state index in [-0.39, 0.29) is 0 Å². The molecule has 0 saturated heterocycles. The van der Waals surface area contributed by atoms with Crippen molar-refractivity contribution in [1.29, 1.82) is 0 Å². The molecule has 0 aromatic rings. The summed E-state index contributed by atoms with van der Waals surface area (Å²) < 4.78 is 27.7. The van der Waals surface area contributed by atoms with Gasteiger partial charge in [0.15, 0.2) is 0 Å². The summed E-state index contributed by atoms with van der Waals surface area (Å²) in [5.74, 6) is 0.305. The third kappa shape index (κ3) is 6.00. The molecular weight excluding hydrogens is 148 g/mol. The molecule has 1 N–H and O–H groups in total. The fourth-order valence-corrected chi connectivity index (χ4v) is 0.752. The van der Waals surface area contributed by atoms with Crippen molar-refractivity contribution in [2.24, 2.45) is 0 Å². The molecule has 0 saturated carbocycles. The van der Waals surface area contributed by atoms with Gasteiger partial charge in [0.1, 0.15) is 0 Å². The maximum absolute atomic E-state index is 9.82. The van der Waals surface area contributed by atoms with Crippen LogP contribution in [0.2, 0.25) is 0 Å². The van der Waals surface area contributed by atoms with Gasteiger partial charge in [-0.3, -0.25) is 4.55 Å². The summed E-state index contributed by atoms with van der Waals surface area (Å²) in [6.45, 7) is 0. The lowest BCUT2D eigenvalue weighted by molar-refractivity contribution is 0.494. The van der Waals surface area contributed by atoms with Crippen LogP contribution in [0, 0.1) is 0 Å². The van der Waals surface area contributed by atoms with Crippen molar-refractivity contribution < 1.29 is 13.0 Å². The average Bonchev–Trinajstić information content (AvgIpc) is 1.59. The first-order valence-electron chi connectivity index (χ1n) is 1.81. The Hall–Kier alpha value is -0.000000000000000111. The summed E-state index contributed by atoms with van der Waals surface area (Å²) in [5, 5.41) is 0.694. The molecule has 0 heterocycles. The zero-order valence-corrected chi connectivity index (χ0v) is 5.69. The molecule has 0 atom stereocenters. The molecule has 0 aliphatic rings. The fraction of sp³-hybridized carbons (Fsp3) is 0.333. The van der Waals surface area contributed by atoms with Crippen LogP contribution in [0.3, 0.4) is 0 Å². The second-order valence-corrected chi connectivity index (χ2v) is 2.74. The van der Waals surface area contributed by atoms with E-state index in [1.807, 2.05) is 0 Å². The first-order chi connectivity index (χ1) is 3.56. The summed E-state index contributed by atoms with van der Waals surface area (Å²) in [7, 11) is -3.92. The Morgan fingerprint density at radius 3 is 2.25 bits per heavy atom. The number of hydrogen-bond acceptors (Lipinski definition) is 3. The topological polar surface area (TPSA) is 54.4 Å². The van der Waals surface area contributed by atoms with Crippen molar-refractivity contribution in [3.8, 4) is 0 Å². The largest absolute Gasteiger partial charge is 0.287 e. The molecule has 0 aromatic carbocycles. The van der Waals surface area contributed by atoms with Crippen LogP contribution in [-0.4, -0.2) is 18.7 Å². The van der Waals surface area contributed by atoms with Crippen LogP contribution in [0.5, 0.6) is 0 Å². The van der Waals surface area contributed by atoms with E-state index in [1.54, 1.807) is 0 Å². The van der Waals surface area contributed by atoms with Crippen LogP contribution in [-0.2, 0) is 10.1 Å². The molecule has 0 rings (SSSR count). The van der Waals surface area contributed by atoms with E-state index in [1.165, 1.54) is 6.08 Å². The van der Waals surface area contributed by atoms with Crippen LogP contribution >= 0.6 is 12.6 Å². The molecule has 0 bridgehead atoms. The zero-order valence-electron chi connectivity index (χ0n) is 3.98. The molecule has 0 aliphatic carbocycles. The molecule has 0 fully saturated rings. The maximum Gasteiger partial charge on any atom is 0.287 e. The van der Waals surface area contributed by atoms with E-state index in [4.69, 9.17) is 4.55 Å². The molecule has 0 aromatic heterocycles. The van der Waals surface area contributed by atoms with E-state index in [2.05, 4.69) is 12.6 Å². The van der Waals surface area contributed by atoms with Gasteiger partial charge in [0.05, 0.1) is 5.41 Å². The second-order valence-electron chi connectivity index (χ2n) is 1.07. The Morgan fingerprint density at radius 2 is 2.12 bits per heavy atom. The predicted molar refractivity (Wildman–Crippen MR) is 34.5 cm³/mol. The lowest BCUT2D eigenvalue weighted by Gasteiger charge is -1.79. The predicted octanol–water partition coefficient (Wildman–Crippen LogP) is 0.318. The summed E-state index contributed by atoms with van der Waals surface area (Å²) in [5.41, 5.74) is 0. The van der Waals surface area contributed by atoms with Crippen molar-refractivity contribution in [2.75, 3.05) is 5.75 Å². The van der Waals surface area contributed by atoms with E-state index in [0.717, 1.165) is 0 Å². The highest BCUT2D eigenvalue weighted by Crippen LogP contribution is 1.84. The summed E-state index contributed by atoms with van der Waals surface area (Å²) in [4.78, 5) is 0. The Labute approximate surface area is 53.6 Å². The van der Waals surface area contributed by atoms with E-state index in [0.29, 0.717) is 11.2 Å². The van der Waals surface area contributed by atoms with Crippen molar-refractivity contribution in [2.45, 2.75) is 0 Å². The summed E-state index contributed by atoms with van der Waals surface area (Å²) >= 11 is 3.67. The number of thiol groups is 1. The smallest absolute Gasteiger partial charge is 0.282 e. The van der Waals surface area contributed by atoms with Crippen molar-refractivity contribution in [3.63, 3.8) is 0 Å². The molecule has 5 heteroatoms. The first kappa shape index (κ1) is 8.00. The Balaban J connectivity index is 3.92. The summed E-state index contributed by atoms with van der Waals surface area (Å²) in [6, 6.07) is 0. The molecular formula is C3H6O3S2. The highest BCUT2D eigenvalue weighted by molar-refractivity contribution is 7.88. The molecule has 0 aliphatic heterocycles. The second kappa shape index (κ2) is 3.11. The Bertz CT molecular complexity index is 167. The highest BCUT2D eigenvalue weighted by atomic mass is 32.2. The van der Waals surface area contributed by atoms with Gasteiger partial charge < -0.3 is 0 Å².